The van der Waals surface area contributed by atoms with Crippen molar-refractivity contribution in [1.29, 1.82) is 0 Å². The molecule has 8 heteroatoms. The van der Waals surface area contributed by atoms with Gasteiger partial charge < -0.3 is 9.47 Å². The molecule has 0 unspecified atom stereocenters. The summed E-state index contributed by atoms with van der Waals surface area (Å²) in [7, 11) is -0.605. The van der Waals surface area contributed by atoms with Crippen LogP contribution in [0.25, 0.3) is 0 Å². The van der Waals surface area contributed by atoms with E-state index in [2.05, 4.69) is 17.1 Å². The van der Waals surface area contributed by atoms with Gasteiger partial charge in [0.05, 0.1) is 24.8 Å². The zero-order chi connectivity index (χ0) is 23.4. The highest BCUT2D eigenvalue weighted by Crippen LogP contribution is 2.34. The fourth-order valence-corrected chi connectivity index (χ4v) is 5.80. The molecule has 2 heterocycles. The first-order valence-corrected chi connectivity index (χ1v) is 12.4. The molecule has 0 aliphatic carbocycles. The van der Waals surface area contributed by atoms with Crippen molar-refractivity contribution in [1.82, 2.24) is 14.3 Å². The Morgan fingerprint density at radius 2 is 1.70 bits per heavy atom. The zero-order valence-electron chi connectivity index (χ0n) is 19.2. The number of rotatable bonds is 7. The summed E-state index contributed by atoms with van der Waals surface area (Å²) in [5, 5.41) is 0. The van der Waals surface area contributed by atoms with Crippen LogP contribution in [0.3, 0.4) is 0 Å². The highest BCUT2D eigenvalue weighted by Gasteiger charge is 2.32. The maximum atomic E-state index is 13.3. The van der Waals surface area contributed by atoms with Gasteiger partial charge in [-0.2, -0.15) is 4.31 Å². The molecule has 1 aliphatic rings. The van der Waals surface area contributed by atoms with Crippen molar-refractivity contribution in [2.75, 3.05) is 27.3 Å². The predicted molar refractivity (Wildman–Crippen MR) is 126 cm³/mol. The van der Waals surface area contributed by atoms with Crippen molar-refractivity contribution in [3.8, 4) is 11.5 Å². The van der Waals surface area contributed by atoms with E-state index in [1.54, 1.807) is 16.4 Å². The molecule has 1 saturated heterocycles. The van der Waals surface area contributed by atoms with E-state index in [0.29, 0.717) is 37.4 Å². The second kappa shape index (κ2) is 9.89. The largest absolute Gasteiger partial charge is 0.493 e. The SMILES string of the molecule is COc1ccc(S(=O)(=O)N2CCC(c3nc(C)ncc3Cc3ccccc3)CC2)cc1OC. The van der Waals surface area contributed by atoms with Gasteiger partial charge in [-0.05, 0) is 43.0 Å². The Morgan fingerprint density at radius 3 is 2.36 bits per heavy atom. The maximum Gasteiger partial charge on any atom is 0.243 e. The molecule has 1 aromatic heterocycles. The quantitative estimate of drug-likeness (QED) is 0.523. The van der Waals surface area contributed by atoms with Gasteiger partial charge in [-0.1, -0.05) is 30.3 Å². The Balaban J connectivity index is 1.52. The first-order valence-electron chi connectivity index (χ1n) is 11.0. The molecule has 0 saturated carbocycles. The van der Waals surface area contributed by atoms with Gasteiger partial charge >= 0.3 is 0 Å². The van der Waals surface area contributed by atoms with E-state index in [0.717, 1.165) is 23.5 Å². The number of nitrogens with zero attached hydrogens (tertiary/aromatic N) is 3. The second-order valence-corrected chi connectivity index (χ2v) is 10.1. The number of aryl methyl sites for hydroxylation is 1. The summed E-state index contributed by atoms with van der Waals surface area (Å²) in [6.45, 7) is 2.77. The molecule has 3 aromatic rings. The third-order valence-electron chi connectivity index (χ3n) is 6.09. The summed E-state index contributed by atoms with van der Waals surface area (Å²) < 4.78 is 38.6. The first kappa shape index (κ1) is 23.2. The van der Waals surface area contributed by atoms with Crippen molar-refractivity contribution >= 4 is 10.0 Å². The molecule has 0 radical (unpaired) electrons. The van der Waals surface area contributed by atoms with Crippen molar-refractivity contribution in [3.63, 3.8) is 0 Å². The summed E-state index contributed by atoms with van der Waals surface area (Å²) in [5.41, 5.74) is 3.35. The van der Waals surface area contributed by atoms with Gasteiger partial charge in [0.1, 0.15) is 5.82 Å². The number of hydrogen-bond acceptors (Lipinski definition) is 6. The number of piperidine rings is 1. The van der Waals surface area contributed by atoms with Crippen LogP contribution in [0.5, 0.6) is 11.5 Å². The van der Waals surface area contributed by atoms with Crippen LogP contribution in [-0.4, -0.2) is 50.0 Å². The van der Waals surface area contributed by atoms with Gasteiger partial charge in [-0.15, -0.1) is 0 Å². The average molecular weight is 468 g/mol. The van der Waals surface area contributed by atoms with Crippen LogP contribution in [0.1, 0.15) is 41.4 Å². The lowest BCUT2D eigenvalue weighted by molar-refractivity contribution is 0.315. The minimum atomic E-state index is -3.63. The lowest BCUT2D eigenvalue weighted by Crippen LogP contribution is -2.38. The standard InChI is InChI=1S/C25H29N3O4S/c1-18-26-17-21(15-19-7-5-4-6-8-19)25(27-18)20-11-13-28(14-12-20)33(29,30)22-9-10-23(31-2)24(16-22)32-3/h4-10,16-17,20H,11-15H2,1-3H3. The van der Waals surface area contributed by atoms with Crippen LogP contribution in [0, 0.1) is 6.92 Å². The van der Waals surface area contributed by atoms with E-state index in [9.17, 15) is 8.42 Å². The number of methoxy groups -OCH3 is 2. The van der Waals surface area contributed by atoms with Crippen molar-refractivity contribution in [2.24, 2.45) is 0 Å². The molecule has 0 bridgehead atoms. The molecule has 2 aromatic carbocycles. The number of benzene rings is 2. The smallest absolute Gasteiger partial charge is 0.243 e. The Kier molecular flexibility index (Phi) is 6.95. The van der Waals surface area contributed by atoms with Gasteiger partial charge in [0.25, 0.3) is 0 Å². The molecule has 7 nitrogen and oxygen atoms in total. The van der Waals surface area contributed by atoms with Crippen molar-refractivity contribution in [3.05, 3.63) is 77.4 Å². The van der Waals surface area contributed by atoms with Crippen LogP contribution in [0.2, 0.25) is 0 Å². The Bertz CT molecular complexity index is 1210. The van der Waals surface area contributed by atoms with Gasteiger partial charge in [-0.3, -0.25) is 0 Å². The van der Waals surface area contributed by atoms with E-state index >= 15 is 0 Å². The zero-order valence-corrected chi connectivity index (χ0v) is 20.0. The number of hydrogen-bond donors (Lipinski definition) is 0. The first-order chi connectivity index (χ1) is 15.9. The normalized spacial score (nSPS) is 15.4. The fourth-order valence-electron chi connectivity index (χ4n) is 4.31. The van der Waals surface area contributed by atoms with Gasteiger partial charge in [0.2, 0.25) is 10.0 Å². The number of aromatic nitrogens is 2. The van der Waals surface area contributed by atoms with E-state index < -0.39 is 10.0 Å². The van der Waals surface area contributed by atoms with Crippen LogP contribution >= 0.6 is 0 Å². The molecule has 0 N–H and O–H groups in total. The van der Waals surface area contributed by atoms with Gasteiger partial charge in [0, 0.05) is 37.7 Å². The summed E-state index contributed by atoms with van der Waals surface area (Å²) in [4.78, 5) is 9.40. The monoisotopic (exact) mass is 467 g/mol. The van der Waals surface area contributed by atoms with E-state index in [4.69, 9.17) is 14.5 Å². The highest BCUT2D eigenvalue weighted by molar-refractivity contribution is 7.89. The molecule has 1 aliphatic heterocycles. The van der Waals surface area contributed by atoms with Crippen molar-refractivity contribution < 1.29 is 17.9 Å². The lowest BCUT2D eigenvalue weighted by atomic mass is 9.90. The molecule has 0 amide bonds. The Morgan fingerprint density at radius 1 is 1.00 bits per heavy atom. The van der Waals surface area contributed by atoms with Crippen molar-refractivity contribution in [2.45, 2.75) is 37.0 Å². The minimum Gasteiger partial charge on any atom is -0.493 e. The minimum absolute atomic E-state index is 0.197. The van der Waals surface area contributed by atoms with Crippen LogP contribution in [-0.2, 0) is 16.4 Å². The van der Waals surface area contributed by atoms with Crippen LogP contribution < -0.4 is 9.47 Å². The van der Waals surface area contributed by atoms with E-state index in [1.165, 1.54) is 25.8 Å². The molecular weight excluding hydrogens is 438 g/mol. The van der Waals surface area contributed by atoms with E-state index in [1.807, 2.05) is 31.3 Å². The lowest BCUT2D eigenvalue weighted by Gasteiger charge is -2.32. The summed E-state index contributed by atoms with van der Waals surface area (Å²) >= 11 is 0. The van der Waals surface area contributed by atoms with Gasteiger partial charge in [-0.25, -0.2) is 18.4 Å². The molecular formula is C25H29N3O4S. The highest BCUT2D eigenvalue weighted by atomic mass is 32.2. The summed E-state index contributed by atoms with van der Waals surface area (Å²) in [6.07, 6.45) is 4.10. The van der Waals surface area contributed by atoms with E-state index in [-0.39, 0.29) is 10.8 Å². The topological polar surface area (TPSA) is 81.6 Å². The molecule has 0 spiro atoms. The molecule has 1 fully saturated rings. The third-order valence-corrected chi connectivity index (χ3v) is 7.98. The third kappa shape index (κ3) is 5.02. The molecule has 174 valence electrons. The Hall–Kier alpha value is -2.97. The molecule has 0 atom stereocenters. The van der Waals surface area contributed by atoms with Crippen LogP contribution in [0.4, 0.5) is 0 Å². The fraction of sp³-hybridized carbons (Fsp3) is 0.360. The number of sulfonamides is 1. The van der Waals surface area contributed by atoms with Crippen LogP contribution in [0.15, 0.2) is 59.6 Å². The average Bonchev–Trinajstić information content (AvgIpc) is 2.85. The number of ether oxygens (including phenoxy) is 2. The summed E-state index contributed by atoms with van der Waals surface area (Å²) in [6, 6.07) is 15.0. The Labute approximate surface area is 195 Å². The predicted octanol–water partition coefficient (Wildman–Crippen LogP) is 3.96. The molecule has 4 rings (SSSR count). The second-order valence-electron chi connectivity index (χ2n) is 8.19. The van der Waals surface area contributed by atoms with Gasteiger partial charge in [0.15, 0.2) is 11.5 Å². The maximum absolute atomic E-state index is 13.3. The molecule has 33 heavy (non-hydrogen) atoms. The summed E-state index contributed by atoms with van der Waals surface area (Å²) in [5.74, 6) is 1.83.